The smallest absolute Gasteiger partial charge is 0.0388 e. The lowest BCUT2D eigenvalue weighted by atomic mass is 9.95. The van der Waals surface area contributed by atoms with E-state index in [0.717, 1.165) is 6.42 Å². The molecule has 1 aliphatic rings. The van der Waals surface area contributed by atoms with Gasteiger partial charge in [-0.1, -0.05) is 66.6 Å². The molecule has 110 valence electrons. The number of piperidine rings is 1. The molecule has 1 atom stereocenters. The molecule has 1 nitrogen and oxygen atoms in total. The summed E-state index contributed by atoms with van der Waals surface area (Å²) in [6, 6.07) is 20.6. The van der Waals surface area contributed by atoms with Crippen molar-refractivity contribution in [3.63, 3.8) is 0 Å². The quantitative estimate of drug-likeness (QED) is 0.779. The van der Waals surface area contributed by atoms with E-state index in [1.165, 1.54) is 49.0 Å². The first-order valence-electron chi connectivity index (χ1n) is 8.17. The fourth-order valence-electron chi connectivity index (χ4n) is 3.31. The maximum atomic E-state index is 2.68. The van der Waals surface area contributed by atoms with Crippen LogP contribution in [0.1, 0.15) is 42.0 Å². The molecular weight excluding hydrogens is 254 g/mol. The summed E-state index contributed by atoms with van der Waals surface area (Å²) in [5, 5.41) is 0. The Morgan fingerprint density at radius 2 is 1.52 bits per heavy atom. The van der Waals surface area contributed by atoms with Crippen LogP contribution < -0.4 is 0 Å². The van der Waals surface area contributed by atoms with E-state index < -0.39 is 0 Å². The summed E-state index contributed by atoms with van der Waals surface area (Å²) < 4.78 is 0. The molecule has 0 radical (unpaired) electrons. The van der Waals surface area contributed by atoms with Gasteiger partial charge in [-0.25, -0.2) is 0 Å². The highest BCUT2D eigenvalue weighted by molar-refractivity contribution is 5.27. The highest BCUT2D eigenvalue weighted by atomic mass is 15.2. The van der Waals surface area contributed by atoms with E-state index >= 15 is 0 Å². The maximum absolute atomic E-state index is 2.68. The summed E-state index contributed by atoms with van der Waals surface area (Å²) in [5.74, 6) is 0. The minimum absolute atomic E-state index is 0.522. The van der Waals surface area contributed by atoms with Crippen molar-refractivity contribution in [3.8, 4) is 0 Å². The summed E-state index contributed by atoms with van der Waals surface area (Å²) in [4.78, 5) is 2.68. The Bertz CT molecular complexity index is 538. The van der Waals surface area contributed by atoms with Crippen LogP contribution in [0, 0.1) is 6.92 Å². The second-order valence-electron chi connectivity index (χ2n) is 6.21. The van der Waals surface area contributed by atoms with E-state index in [2.05, 4.69) is 66.4 Å². The molecule has 0 N–H and O–H groups in total. The van der Waals surface area contributed by atoms with Crippen LogP contribution in [0.2, 0.25) is 0 Å². The largest absolute Gasteiger partial charge is 0.296 e. The van der Waals surface area contributed by atoms with Crippen LogP contribution in [-0.4, -0.2) is 18.0 Å². The minimum Gasteiger partial charge on any atom is -0.296 e. The average molecular weight is 279 g/mol. The number of nitrogens with zero attached hydrogens (tertiary/aromatic N) is 1. The number of benzene rings is 2. The van der Waals surface area contributed by atoms with Gasteiger partial charge in [0.15, 0.2) is 0 Å². The Balaban J connectivity index is 1.84. The zero-order chi connectivity index (χ0) is 14.5. The van der Waals surface area contributed by atoms with Gasteiger partial charge < -0.3 is 0 Å². The predicted octanol–water partition coefficient (Wildman–Crippen LogP) is 4.76. The fraction of sp³-hybridized carbons (Fsp3) is 0.400. The molecule has 0 spiro atoms. The van der Waals surface area contributed by atoms with Gasteiger partial charge >= 0.3 is 0 Å². The van der Waals surface area contributed by atoms with E-state index in [-0.39, 0.29) is 0 Å². The van der Waals surface area contributed by atoms with Crippen molar-refractivity contribution in [2.45, 2.75) is 38.6 Å². The first-order chi connectivity index (χ1) is 10.3. The van der Waals surface area contributed by atoms with Gasteiger partial charge in [-0.05, 0) is 50.4 Å². The topological polar surface area (TPSA) is 3.24 Å². The van der Waals surface area contributed by atoms with Gasteiger partial charge in [0.25, 0.3) is 0 Å². The van der Waals surface area contributed by atoms with Gasteiger partial charge in [-0.3, -0.25) is 4.90 Å². The molecule has 2 aromatic rings. The van der Waals surface area contributed by atoms with Crippen LogP contribution in [-0.2, 0) is 6.42 Å². The third kappa shape index (κ3) is 3.74. The van der Waals surface area contributed by atoms with Crippen LogP contribution in [0.15, 0.2) is 54.6 Å². The highest BCUT2D eigenvalue weighted by Crippen LogP contribution is 2.28. The zero-order valence-electron chi connectivity index (χ0n) is 13.0. The van der Waals surface area contributed by atoms with Crippen molar-refractivity contribution in [1.29, 1.82) is 0 Å². The lowest BCUT2D eigenvalue weighted by Gasteiger charge is -2.35. The molecule has 3 rings (SSSR count). The van der Waals surface area contributed by atoms with E-state index in [4.69, 9.17) is 0 Å². The summed E-state index contributed by atoms with van der Waals surface area (Å²) >= 11 is 0. The molecule has 0 unspecified atom stereocenters. The van der Waals surface area contributed by atoms with Crippen LogP contribution in [0.4, 0.5) is 0 Å². The first-order valence-corrected chi connectivity index (χ1v) is 8.17. The van der Waals surface area contributed by atoms with Gasteiger partial charge in [0, 0.05) is 6.04 Å². The van der Waals surface area contributed by atoms with Gasteiger partial charge in [-0.2, -0.15) is 0 Å². The van der Waals surface area contributed by atoms with E-state index in [1.807, 2.05) is 0 Å². The maximum Gasteiger partial charge on any atom is 0.0388 e. The third-order valence-electron chi connectivity index (χ3n) is 4.57. The SMILES string of the molecule is Cc1ccc([C@H](Cc2ccccc2)N2CCCCC2)cc1. The Labute approximate surface area is 128 Å². The average Bonchev–Trinajstić information content (AvgIpc) is 2.55. The Kier molecular flexibility index (Phi) is 4.72. The normalized spacial score (nSPS) is 17.6. The summed E-state index contributed by atoms with van der Waals surface area (Å²) in [5.41, 5.74) is 4.25. The monoisotopic (exact) mass is 279 g/mol. The number of rotatable bonds is 4. The molecule has 0 saturated carbocycles. The highest BCUT2D eigenvalue weighted by Gasteiger charge is 2.22. The molecular formula is C20H25N. The molecule has 2 aromatic carbocycles. The lowest BCUT2D eigenvalue weighted by molar-refractivity contribution is 0.162. The molecule has 1 fully saturated rings. The number of aryl methyl sites for hydroxylation is 1. The summed E-state index contributed by atoms with van der Waals surface area (Å²) in [6.07, 6.45) is 5.20. The molecule has 1 saturated heterocycles. The van der Waals surface area contributed by atoms with Gasteiger partial charge in [0.1, 0.15) is 0 Å². The molecule has 0 amide bonds. The molecule has 21 heavy (non-hydrogen) atoms. The van der Waals surface area contributed by atoms with Crippen molar-refractivity contribution in [3.05, 3.63) is 71.3 Å². The van der Waals surface area contributed by atoms with Gasteiger partial charge in [0.05, 0.1) is 0 Å². The number of likely N-dealkylation sites (tertiary alicyclic amines) is 1. The Hall–Kier alpha value is -1.60. The summed E-state index contributed by atoms with van der Waals surface area (Å²) in [6.45, 7) is 4.65. The van der Waals surface area contributed by atoms with Gasteiger partial charge in [-0.15, -0.1) is 0 Å². The van der Waals surface area contributed by atoms with Crippen LogP contribution >= 0.6 is 0 Å². The van der Waals surface area contributed by atoms with Gasteiger partial charge in [0.2, 0.25) is 0 Å². The van der Waals surface area contributed by atoms with Crippen molar-refractivity contribution in [2.24, 2.45) is 0 Å². The molecule has 0 aliphatic carbocycles. The fourth-order valence-corrected chi connectivity index (χ4v) is 3.31. The molecule has 1 aliphatic heterocycles. The van der Waals surface area contributed by atoms with Crippen LogP contribution in [0.25, 0.3) is 0 Å². The van der Waals surface area contributed by atoms with Crippen molar-refractivity contribution < 1.29 is 0 Å². The molecule has 1 heteroatoms. The first kappa shape index (κ1) is 14.3. The Morgan fingerprint density at radius 1 is 0.857 bits per heavy atom. The minimum atomic E-state index is 0.522. The third-order valence-corrected chi connectivity index (χ3v) is 4.57. The van der Waals surface area contributed by atoms with Crippen LogP contribution in [0.3, 0.4) is 0 Å². The van der Waals surface area contributed by atoms with E-state index in [1.54, 1.807) is 0 Å². The second-order valence-corrected chi connectivity index (χ2v) is 6.21. The Morgan fingerprint density at radius 3 is 2.19 bits per heavy atom. The van der Waals surface area contributed by atoms with Crippen molar-refractivity contribution in [2.75, 3.05) is 13.1 Å². The van der Waals surface area contributed by atoms with Crippen LogP contribution in [0.5, 0.6) is 0 Å². The number of hydrogen-bond donors (Lipinski definition) is 0. The van der Waals surface area contributed by atoms with E-state index in [9.17, 15) is 0 Å². The van der Waals surface area contributed by atoms with Crippen molar-refractivity contribution >= 4 is 0 Å². The molecule has 0 bridgehead atoms. The molecule has 1 heterocycles. The summed E-state index contributed by atoms with van der Waals surface area (Å²) in [7, 11) is 0. The van der Waals surface area contributed by atoms with Crippen molar-refractivity contribution in [1.82, 2.24) is 4.90 Å². The second kappa shape index (κ2) is 6.91. The standard InChI is InChI=1S/C20H25N/c1-17-10-12-19(13-11-17)20(21-14-6-3-7-15-21)16-18-8-4-2-5-9-18/h2,4-5,8-13,20H,3,6-7,14-16H2,1H3/t20-/m0/s1. The molecule has 0 aromatic heterocycles. The number of hydrogen-bond acceptors (Lipinski definition) is 1. The zero-order valence-corrected chi connectivity index (χ0v) is 13.0. The van der Waals surface area contributed by atoms with E-state index in [0.29, 0.717) is 6.04 Å². The predicted molar refractivity (Wildman–Crippen MR) is 89.5 cm³/mol. The lowest BCUT2D eigenvalue weighted by Crippen LogP contribution is -2.34.